The van der Waals surface area contributed by atoms with Gasteiger partial charge in [0, 0.05) is 23.9 Å². The summed E-state index contributed by atoms with van der Waals surface area (Å²) >= 11 is 0. The fourth-order valence-corrected chi connectivity index (χ4v) is 3.00. The monoisotopic (exact) mass is 394 g/mol. The second-order valence-corrected chi connectivity index (χ2v) is 6.60. The average molecular weight is 394 g/mol. The van der Waals surface area contributed by atoms with Gasteiger partial charge in [-0.25, -0.2) is 4.98 Å². The molecule has 1 amide bonds. The first-order valence-corrected chi connectivity index (χ1v) is 9.09. The lowest BCUT2D eigenvalue weighted by Gasteiger charge is -2.14. The maximum atomic E-state index is 12.3. The SMILES string of the molecule is O=C(NCc1cccnc1OCC(F)(F)F)c1ccc(OC2CCCC2)cc1. The number of rotatable bonds is 7. The van der Waals surface area contributed by atoms with Crippen LogP contribution in [-0.4, -0.2) is 29.8 Å². The zero-order valence-electron chi connectivity index (χ0n) is 15.2. The van der Waals surface area contributed by atoms with Crippen molar-refractivity contribution in [1.29, 1.82) is 0 Å². The van der Waals surface area contributed by atoms with Crippen LogP contribution in [-0.2, 0) is 6.54 Å². The van der Waals surface area contributed by atoms with Crippen LogP contribution in [0.25, 0.3) is 0 Å². The van der Waals surface area contributed by atoms with E-state index < -0.39 is 12.8 Å². The van der Waals surface area contributed by atoms with Crippen LogP contribution in [0.5, 0.6) is 11.6 Å². The Morgan fingerprint density at radius 1 is 1.14 bits per heavy atom. The van der Waals surface area contributed by atoms with Crippen LogP contribution in [0.4, 0.5) is 13.2 Å². The van der Waals surface area contributed by atoms with E-state index in [1.807, 2.05) is 0 Å². The molecule has 150 valence electrons. The van der Waals surface area contributed by atoms with E-state index in [0.717, 1.165) is 18.6 Å². The molecule has 5 nitrogen and oxygen atoms in total. The molecule has 2 aromatic rings. The molecule has 1 saturated carbocycles. The van der Waals surface area contributed by atoms with Crippen LogP contribution in [0.3, 0.4) is 0 Å². The van der Waals surface area contributed by atoms with E-state index in [1.165, 1.54) is 19.0 Å². The smallest absolute Gasteiger partial charge is 0.422 e. The molecule has 28 heavy (non-hydrogen) atoms. The first-order chi connectivity index (χ1) is 13.4. The summed E-state index contributed by atoms with van der Waals surface area (Å²) in [6.45, 7) is -1.44. The van der Waals surface area contributed by atoms with Crippen LogP contribution in [0, 0.1) is 0 Å². The Balaban J connectivity index is 1.55. The Morgan fingerprint density at radius 2 is 1.86 bits per heavy atom. The standard InChI is InChI=1S/C20H21F3N2O3/c21-20(22,23)13-27-19-15(4-3-11-24-19)12-25-18(26)14-7-9-17(10-8-14)28-16-5-1-2-6-16/h3-4,7-11,16H,1-2,5-6,12-13H2,(H,25,26). The molecule has 0 atom stereocenters. The van der Waals surface area contributed by atoms with Crippen molar-refractivity contribution in [3.8, 4) is 11.6 Å². The quantitative estimate of drug-likeness (QED) is 0.762. The number of hydrogen-bond acceptors (Lipinski definition) is 4. The Bertz CT molecular complexity index is 788. The second-order valence-electron chi connectivity index (χ2n) is 6.60. The van der Waals surface area contributed by atoms with Crippen molar-refractivity contribution in [2.24, 2.45) is 0 Å². The van der Waals surface area contributed by atoms with Gasteiger partial charge in [0.05, 0.1) is 6.10 Å². The van der Waals surface area contributed by atoms with Crippen molar-refractivity contribution in [1.82, 2.24) is 10.3 Å². The molecule has 0 bridgehead atoms. The zero-order valence-corrected chi connectivity index (χ0v) is 15.2. The molecule has 8 heteroatoms. The van der Waals surface area contributed by atoms with E-state index in [4.69, 9.17) is 9.47 Å². The maximum absolute atomic E-state index is 12.3. The molecule has 1 aromatic carbocycles. The molecule has 3 rings (SSSR count). The van der Waals surface area contributed by atoms with Crippen LogP contribution in [0.15, 0.2) is 42.6 Å². The van der Waals surface area contributed by atoms with Gasteiger partial charge in [0.1, 0.15) is 5.75 Å². The highest BCUT2D eigenvalue weighted by Crippen LogP contribution is 2.24. The van der Waals surface area contributed by atoms with Gasteiger partial charge in [0.15, 0.2) is 6.61 Å². The van der Waals surface area contributed by atoms with Crippen LogP contribution in [0.1, 0.15) is 41.6 Å². The first kappa shape index (κ1) is 20.0. The number of nitrogens with zero attached hydrogens (tertiary/aromatic N) is 1. The van der Waals surface area contributed by atoms with Crippen LogP contribution < -0.4 is 14.8 Å². The van der Waals surface area contributed by atoms with Crippen molar-refractivity contribution in [3.63, 3.8) is 0 Å². The number of ether oxygens (including phenoxy) is 2. The number of carbonyl (C=O) groups is 1. The summed E-state index contributed by atoms with van der Waals surface area (Å²) in [5, 5.41) is 2.66. The molecule has 0 spiro atoms. The molecule has 0 aliphatic heterocycles. The van der Waals surface area contributed by atoms with Crippen LogP contribution >= 0.6 is 0 Å². The lowest BCUT2D eigenvalue weighted by molar-refractivity contribution is -0.154. The molecule has 1 N–H and O–H groups in total. The van der Waals surface area contributed by atoms with Crippen molar-refractivity contribution in [2.45, 2.75) is 44.5 Å². The first-order valence-electron chi connectivity index (χ1n) is 9.09. The largest absolute Gasteiger partial charge is 0.490 e. The van der Waals surface area contributed by atoms with Gasteiger partial charge in [-0.1, -0.05) is 6.07 Å². The third kappa shape index (κ3) is 5.87. The van der Waals surface area contributed by atoms with E-state index in [2.05, 4.69) is 10.3 Å². The van der Waals surface area contributed by atoms with Gasteiger partial charge < -0.3 is 14.8 Å². The number of carbonyl (C=O) groups excluding carboxylic acids is 1. The molecular weight excluding hydrogens is 373 g/mol. The van der Waals surface area contributed by atoms with Gasteiger partial charge in [-0.05, 0) is 56.0 Å². The number of benzene rings is 1. The summed E-state index contributed by atoms with van der Waals surface area (Å²) < 4.78 is 47.6. The third-order valence-electron chi connectivity index (χ3n) is 4.38. The topological polar surface area (TPSA) is 60.5 Å². The van der Waals surface area contributed by atoms with Gasteiger partial charge in [-0.3, -0.25) is 4.79 Å². The predicted octanol–water partition coefficient (Wildman–Crippen LogP) is 4.27. The Kier molecular flexibility index (Phi) is 6.38. The van der Waals surface area contributed by atoms with Crippen molar-refractivity contribution in [3.05, 3.63) is 53.7 Å². The molecule has 1 aromatic heterocycles. The highest BCUT2D eigenvalue weighted by atomic mass is 19.4. The molecular formula is C20H21F3N2O3. The second kappa shape index (κ2) is 8.95. The van der Waals surface area contributed by atoms with E-state index in [9.17, 15) is 18.0 Å². The molecule has 0 unspecified atom stereocenters. The number of hydrogen-bond donors (Lipinski definition) is 1. The van der Waals surface area contributed by atoms with Gasteiger partial charge in [0.2, 0.25) is 5.88 Å². The van der Waals surface area contributed by atoms with Crippen molar-refractivity contribution < 1.29 is 27.4 Å². The van der Waals surface area contributed by atoms with Gasteiger partial charge in [-0.2, -0.15) is 13.2 Å². The molecule has 1 aliphatic rings. The molecule has 0 saturated heterocycles. The number of pyridine rings is 1. The summed E-state index contributed by atoms with van der Waals surface area (Å²) in [6, 6.07) is 9.92. The normalized spacial score (nSPS) is 14.7. The highest BCUT2D eigenvalue weighted by Gasteiger charge is 2.29. The Hall–Kier alpha value is -2.77. The zero-order chi connectivity index (χ0) is 20.0. The fourth-order valence-electron chi connectivity index (χ4n) is 3.00. The fraction of sp³-hybridized carbons (Fsp3) is 0.400. The van der Waals surface area contributed by atoms with E-state index in [0.29, 0.717) is 11.1 Å². The van der Waals surface area contributed by atoms with E-state index in [1.54, 1.807) is 36.4 Å². The average Bonchev–Trinajstić information content (AvgIpc) is 3.18. The Morgan fingerprint density at radius 3 is 2.54 bits per heavy atom. The number of alkyl halides is 3. The number of nitrogens with one attached hydrogen (secondary N) is 1. The molecule has 1 heterocycles. The number of aromatic nitrogens is 1. The maximum Gasteiger partial charge on any atom is 0.422 e. The highest BCUT2D eigenvalue weighted by molar-refractivity contribution is 5.94. The number of amides is 1. The van der Waals surface area contributed by atoms with Crippen molar-refractivity contribution in [2.75, 3.05) is 6.61 Å². The van der Waals surface area contributed by atoms with Gasteiger partial charge in [0.25, 0.3) is 5.91 Å². The minimum Gasteiger partial charge on any atom is -0.490 e. The predicted molar refractivity (Wildman–Crippen MR) is 96.3 cm³/mol. The lowest BCUT2D eigenvalue weighted by Crippen LogP contribution is -2.24. The van der Waals surface area contributed by atoms with Crippen molar-refractivity contribution >= 4 is 5.91 Å². The van der Waals surface area contributed by atoms with E-state index in [-0.39, 0.29) is 24.4 Å². The summed E-state index contributed by atoms with van der Waals surface area (Å²) in [5.41, 5.74) is 0.793. The van der Waals surface area contributed by atoms with Gasteiger partial charge in [-0.15, -0.1) is 0 Å². The summed E-state index contributed by atoms with van der Waals surface area (Å²) in [7, 11) is 0. The van der Waals surface area contributed by atoms with Gasteiger partial charge >= 0.3 is 6.18 Å². The molecule has 1 aliphatic carbocycles. The van der Waals surface area contributed by atoms with E-state index >= 15 is 0 Å². The summed E-state index contributed by atoms with van der Waals surface area (Å²) in [5.74, 6) is 0.219. The number of halogens is 3. The summed E-state index contributed by atoms with van der Waals surface area (Å²) in [4.78, 5) is 16.1. The third-order valence-corrected chi connectivity index (χ3v) is 4.38. The Labute approximate surface area is 160 Å². The minimum atomic E-state index is -4.46. The molecule has 1 fully saturated rings. The van der Waals surface area contributed by atoms with Crippen LogP contribution in [0.2, 0.25) is 0 Å². The summed E-state index contributed by atoms with van der Waals surface area (Å²) in [6.07, 6.45) is 1.56. The minimum absolute atomic E-state index is 0.000188. The lowest BCUT2D eigenvalue weighted by atomic mass is 10.2. The molecule has 0 radical (unpaired) electrons.